The molecule has 0 bridgehead atoms. The first-order valence-corrected chi connectivity index (χ1v) is 16.3. The monoisotopic (exact) mass is 642 g/mol. The Hall–Kier alpha value is -4.24. The van der Waals surface area contributed by atoms with Gasteiger partial charge in [-0.2, -0.15) is 5.10 Å². The highest BCUT2D eigenvalue weighted by Crippen LogP contribution is 2.48. The van der Waals surface area contributed by atoms with Crippen LogP contribution in [0.5, 0.6) is 5.75 Å². The Morgan fingerprint density at radius 3 is 2.21 bits per heavy atom. The zero-order valence-corrected chi connectivity index (χ0v) is 28.9. The van der Waals surface area contributed by atoms with Gasteiger partial charge in [0.1, 0.15) is 11.6 Å². The lowest BCUT2D eigenvalue weighted by Gasteiger charge is -2.41. The number of pyridine rings is 1. The predicted octanol–water partition coefficient (Wildman–Crippen LogP) is 8.09. The van der Waals surface area contributed by atoms with Crippen molar-refractivity contribution in [3.05, 3.63) is 83.1 Å². The largest absolute Gasteiger partial charge is 0.493 e. The number of aliphatic carboxylic acids is 1. The highest BCUT2D eigenvalue weighted by Gasteiger charge is 2.37. The molecule has 0 radical (unpaired) electrons. The van der Waals surface area contributed by atoms with E-state index in [4.69, 9.17) is 14.5 Å². The van der Waals surface area contributed by atoms with Crippen LogP contribution in [-0.2, 0) is 23.0 Å². The molecule has 250 valence electrons. The van der Waals surface area contributed by atoms with Gasteiger partial charge in [-0.05, 0) is 88.3 Å². The minimum absolute atomic E-state index is 0.183. The van der Waals surface area contributed by atoms with Crippen LogP contribution in [0.1, 0.15) is 76.1 Å². The van der Waals surface area contributed by atoms with Crippen molar-refractivity contribution < 1.29 is 23.8 Å². The first kappa shape index (κ1) is 34.1. The zero-order valence-electron chi connectivity index (χ0n) is 28.9. The summed E-state index contributed by atoms with van der Waals surface area (Å²) in [7, 11) is 1.89. The third-order valence-corrected chi connectivity index (χ3v) is 8.77. The van der Waals surface area contributed by atoms with E-state index in [0.29, 0.717) is 30.0 Å². The van der Waals surface area contributed by atoms with Gasteiger partial charge in [-0.25, -0.2) is 9.18 Å². The van der Waals surface area contributed by atoms with Gasteiger partial charge in [0.2, 0.25) is 0 Å². The van der Waals surface area contributed by atoms with E-state index in [0.717, 1.165) is 65.3 Å². The fourth-order valence-corrected chi connectivity index (χ4v) is 6.22. The number of nitrogens with zero attached hydrogens (tertiary/aromatic N) is 4. The lowest BCUT2D eigenvalue weighted by molar-refractivity contribution is -0.160. The molecule has 3 heterocycles. The second-order valence-corrected chi connectivity index (χ2v) is 14.3. The molecule has 47 heavy (non-hydrogen) atoms. The van der Waals surface area contributed by atoms with Gasteiger partial charge in [0.15, 0.2) is 6.10 Å². The Kier molecular flexibility index (Phi) is 9.78. The van der Waals surface area contributed by atoms with E-state index in [-0.39, 0.29) is 11.2 Å². The normalized spacial score (nSPS) is 15.5. The molecule has 0 amide bonds. The van der Waals surface area contributed by atoms with Crippen molar-refractivity contribution in [3.63, 3.8) is 0 Å². The number of carbonyl (C=O) groups is 1. The molecule has 2 aromatic carbocycles. The number of halogens is 1. The van der Waals surface area contributed by atoms with Crippen LogP contribution in [0.3, 0.4) is 0 Å². The van der Waals surface area contributed by atoms with Crippen LogP contribution >= 0.6 is 0 Å². The molecule has 0 spiro atoms. The van der Waals surface area contributed by atoms with Gasteiger partial charge in [0.05, 0.1) is 29.3 Å². The van der Waals surface area contributed by atoms with Gasteiger partial charge in [0, 0.05) is 55.1 Å². The Balaban J connectivity index is 1.66. The van der Waals surface area contributed by atoms with E-state index in [1.807, 2.05) is 72.1 Å². The average Bonchev–Trinajstić information content (AvgIpc) is 3.34. The Labute approximate surface area is 277 Å². The second kappa shape index (κ2) is 13.5. The molecule has 5 rings (SSSR count). The lowest BCUT2D eigenvalue weighted by Crippen LogP contribution is -2.39. The number of benzene rings is 2. The van der Waals surface area contributed by atoms with Gasteiger partial charge >= 0.3 is 5.97 Å². The van der Waals surface area contributed by atoms with E-state index in [9.17, 15) is 14.3 Å². The number of hydrogen-bond donors (Lipinski definition) is 1. The van der Waals surface area contributed by atoms with Crippen LogP contribution in [0.15, 0.2) is 54.7 Å². The Morgan fingerprint density at radius 2 is 1.66 bits per heavy atom. The number of aryl methyl sites for hydroxylation is 3. The molecule has 1 N–H and O–H groups in total. The summed E-state index contributed by atoms with van der Waals surface area (Å²) in [5.74, 6) is -0.604. The van der Waals surface area contributed by atoms with Crippen LogP contribution in [0.4, 0.5) is 10.1 Å². The molecule has 2 aromatic heterocycles. The summed E-state index contributed by atoms with van der Waals surface area (Å²) in [5.41, 5.74) is 6.72. The number of hydrogen-bond acceptors (Lipinski definition) is 6. The molecule has 1 unspecified atom stereocenters. The molecule has 9 heteroatoms. The molecule has 0 saturated carbocycles. The molecule has 1 atom stereocenters. The van der Waals surface area contributed by atoms with Gasteiger partial charge in [-0.15, -0.1) is 0 Å². The highest BCUT2D eigenvalue weighted by molar-refractivity contribution is 5.95. The fraction of sp³-hybridized carbons (Fsp3) is 0.447. The maximum absolute atomic E-state index is 13.3. The lowest BCUT2D eigenvalue weighted by atomic mass is 9.81. The smallest absolute Gasteiger partial charge is 0.337 e. The summed E-state index contributed by atoms with van der Waals surface area (Å²) in [4.78, 5) is 20.4. The van der Waals surface area contributed by atoms with Crippen molar-refractivity contribution in [2.45, 2.75) is 79.4 Å². The summed E-state index contributed by atoms with van der Waals surface area (Å²) in [6.45, 7) is 16.0. The Morgan fingerprint density at radius 1 is 1.02 bits per heavy atom. The topological polar surface area (TPSA) is 89.7 Å². The maximum atomic E-state index is 13.3. The van der Waals surface area contributed by atoms with Crippen LogP contribution in [0.2, 0.25) is 0 Å². The van der Waals surface area contributed by atoms with Crippen molar-refractivity contribution in [3.8, 4) is 28.1 Å². The van der Waals surface area contributed by atoms with Crippen molar-refractivity contribution >= 4 is 11.7 Å². The first-order valence-electron chi connectivity index (χ1n) is 16.3. The van der Waals surface area contributed by atoms with E-state index in [1.165, 1.54) is 12.1 Å². The molecule has 4 aromatic rings. The third-order valence-electron chi connectivity index (χ3n) is 8.77. The number of rotatable bonds is 10. The summed E-state index contributed by atoms with van der Waals surface area (Å²) in [6.07, 6.45) is 3.33. The minimum Gasteiger partial charge on any atom is -0.493 e. The zero-order chi connectivity index (χ0) is 34.1. The first-order chi connectivity index (χ1) is 22.1. The summed E-state index contributed by atoms with van der Waals surface area (Å²) >= 11 is 0. The summed E-state index contributed by atoms with van der Waals surface area (Å²) in [6, 6.07) is 14.3. The standard InChI is InChI=1S/C38H47FN4O4/c1-24-30(23-42(8)41-24)33-32(27-11-15-29(16-12-27)46-22-17-26-9-13-28(39)14-10-26)34(43-20-18-38(6,7)19-21-43)31(25(2)40-33)35(36(44)45)47-37(3,4)5/h9-16,23,35H,17-22H2,1-8H3,(H,44,45). The number of aromatic nitrogens is 3. The third kappa shape index (κ3) is 8.01. The number of ether oxygens (including phenoxy) is 2. The van der Waals surface area contributed by atoms with Crippen LogP contribution in [-0.4, -0.2) is 51.1 Å². The average molecular weight is 643 g/mol. The molecule has 1 saturated heterocycles. The molecular weight excluding hydrogens is 595 g/mol. The van der Waals surface area contributed by atoms with E-state index < -0.39 is 17.7 Å². The van der Waals surface area contributed by atoms with E-state index in [1.54, 1.807) is 16.8 Å². The van der Waals surface area contributed by atoms with E-state index >= 15 is 0 Å². The number of piperidine rings is 1. The molecule has 1 fully saturated rings. The molecule has 1 aliphatic heterocycles. The predicted molar refractivity (Wildman–Crippen MR) is 183 cm³/mol. The second-order valence-electron chi connectivity index (χ2n) is 14.3. The molecular formula is C38H47FN4O4. The SMILES string of the molecule is Cc1nn(C)cc1-c1nc(C)c(C(OC(C)(C)C)C(=O)O)c(N2CCC(C)(C)CC2)c1-c1ccc(OCCc2ccc(F)cc2)cc1. The quantitative estimate of drug-likeness (QED) is 0.187. The highest BCUT2D eigenvalue weighted by atomic mass is 19.1. The summed E-state index contributed by atoms with van der Waals surface area (Å²) in [5, 5.41) is 15.2. The number of anilines is 1. The van der Waals surface area contributed by atoms with Gasteiger partial charge in [0.25, 0.3) is 0 Å². The fourth-order valence-electron chi connectivity index (χ4n) is 6.22. The van der Waals surface area contributed by atoms with Gasteiger partial charge < -0.3 is 19.5 Å². The maximum Gasteiger partial charge on any atom is 0.337 e. The van der Waals surface area contributed by atoms with Gasteiger partial charge in [-0.3, -0.25) is 9.67 Å². The number of carboxylic acid groups (broad SMARTS) is 1. The number of carboxylic acids is 1. The minimum atomic E-state index is -1.22. The van der Waals surface area contributed by atoms with Gasteiger partial charge in [-0.1, -0.05) is 38.1 Å². The van der Waals surface area contributed by atoms with Crippen LogP contribution < -0.4 is 9.64 Å². The molecule has 8 nitrogen and oxygen atoms in total. The van der Waals surface area contributed by atoms with Crippen LogP contribution in [0, 0.1) is 25.1 Å². The van der Waals surface area contributed by atoms with Crippen molar-refractivity contribution in [2.24, 2.45) is 12.5 Å². The van der Waals surface area contributed by atoms with E-state index in [2.05, 4.69) is 23.8 Å². The Bertz CT molecular complexity index is 1710. The van der Waals surface area contributed by atoms with Crippen molar-refractivity contribution in [1.29, 1.82) is 0 Å². The molecule has 0 aliphatic carbocycles. The van der Waals surface area contributed by atoms with Crippen molar-refractivity contribution in [1.82, 2.24) is 14.8 Å². The van der Waals surface area contributed by atoms with Crippen LogP contribution in [0.25, 0.3) is 22.4 Å². The summed E-state index contributed by atoms with van der Waals surface area (Å²) < 4.78 is 27.5. The molecule has 1 aliphatic rings. The van der Waals surface area contributed by atoms with Crippen molar-refractivity contribution in [2.75, 3.05) is 24.6 Å².